The maximum Gasteiger partial charge on any atom is 0.229 e. The fourth-order valence-electron chi connectivity index (χ4n) is 2.12. The van der Waals surface area contributed by atoms with Gasteiger partial charge in [0.2, 0.25) is 12.2 Å². The predicted octanol–water partition coefficient (Wildman–Crippen LogP) is -1.18. The van der Waals surface area contributed by atoms with Crippen molar-refractivity contribution in [3.63, 3.8) is 0 Å². The lowest BCUT2D eigenvalue weighted by molar-refractivity contribution is -0.277. The van der Waals surface area contributed by atoms with Crippen LogP contribution in [0.4, 0.5) is 5.69 Å². The Balaban J connectivity index is 2.04. The molecule has 0 aliphatic carbocycles. The van der Waals surface area contributed by atoms with Crippen LogP contribution in [0.5, 0.6) is 5.75 Å². The number of carbonyl (C=O) groups excluding carboxylic acids is 1. The Morgan fingerprint density at radius 2 is 1.82 bits per heavy atom. The summed E-state index contributed by atoms with van der Waals surface area (Å²) in [6, 6.07) is 6.29. The quantitative estimate of drug-likeness (QED) is 0.473. The summed E-state index contributed by atoms with van der Waals surface area (Å²) in [6.07, 6.45) is -6.64. The number of aliphatic hydroxyl groups is 4. The molecule has 0 spiro atoms. The summed E-state index contributed by atoms with van der Waals surface area (Å²) < 4.78 is 10.6. The molecule has 1 heterocycles. The first-order chi connectivity index (χ1) is 10.4. The summed E-state index contributed by atoms with van der Waals surface area (Å²) in [5.41, 5.74) is 0.577. The van der Waals surface area contributed by atoms with Crippen LogP contribution in [0.3, 0.4) is 0 Å². The fraction of sp³-hybridized carbons (Fsp3) is 0.500. The topological polar surface area (TPSA) is 128 Å². The average Bonchev–Trinajstić information content (AvgIpc) is 2.49. The summed E-state index contributed by atoms with van der Waals surface area (Å²) in [5.74, 6) is 0.126. The maximum atomic E-state index is 10.9. The van der Waals surface area contributed by atoms with Gasteiger partial charge in [-0.2, -0.15) is 0 Å². The minimum absolute atomic E-state index is 0.206. The average molecular weight is 313 g/mol. The zero-order valence-corrected chi connectivity index (χ0v) is 11.9. The molecule has 1 aromatic carbocycles. The molecule has 0 radical (unpaired) electrons. The second kappa shape index (κ2) is 7.03. The first-order valence-electron chi connectivity index (χ1n) is 6.77. The van der Waals surface area contributed by atoms with Crippen LogP contribution >= 0.6 is 0 Å². The third-order valence-corrected chi connectivity index (χ3v) is 3.28. The molecule has 1 aliphatic heterocycles. The molecule has 1 saturated heterocycles. The molecule has 1 aromatic rings. The van der Waals surface area contributed by atoms with E-state index in [-0.39, 0.29) is 5.91 Å². The standard InChI is InChI=1S/C14H19NO7/c1-7(17)15-8-2-4-9(5-3-8)21-14-13(20)12(19)11(18)10(6-16)22-14/h2-5,10-14,16,18-20H,6H2,1H3,(H,15,17)/t10-,11+,12+,13-,14+/m1/s1. The zero-order valence-electron chi connectivity index (χ0n) is 11.9. The number of carbonyl (C=O) groups is 1. The Morgan fingerprint density at radius 3 is 2.36 bits per heavy atom. The molecule has 5 N–H and O–H groups in total. The van der Waals surface area contributed by atoms with E-state index >= 15 is 0 Å². The Kier molecular flexibility index (Phi) is 5.33. The Hall–Kier alpha value is -1.71. The van der Waals surface area contributed by atoms with Crippen LogP contribution in [0.25, 0.3) is 0 Å². The van der Waals surface area contributed by atoms with Gasteiger partial charge in [0.1, 0.15) is 30.2 Å². The van der Waals surface area contributed by atoms with E-state index in [0.29, 0.717) is 11.4 Å². The van der Waals surface area contributed by atoms with Crippen molar-refractivity contribution in [3.05, 3.63) is 24.3 Å². The molecule has 1 amide bonds. The second-order valence-corrected chi connectivity index (χ2v) is 5.02. The lowest BCUT2D eigenvalue weighted by Crippen LogP contribution is -2.60. The number of nitrogens with one attached hydrogen (secondary N) is 1. The number of anilines is 1. The molecular weight excluding hydrogens is 294 g/mol. The van der Waals surface area contributed by atoms with Crippen LogP contribution in [0.2, 0.25) is 0 Å². The van der Waals surface area contributed by atoms with Crippen molar-refractivity contribution in [3.8, 4) is 5.75 Å². The van der Waals surface area contributed by atoms with E-state index in [9.17, 15) is 20.1 Å². The Morgan fingerprint density at radius 1 is 1.18 bits per heavy atom. The van der Waals surface area contributed by atoms with Gasteiger partial charge in [-0.1, -0.05) is 0 Å². The lowest BCUT2D eigenvalue weighted by Gasteiger charge is -2.39. The van der Waals surface area contributed by atoms with E-state index < -0.39 is 37.3 Å². The van der Waals surface area contributed by atoms with Gasteiger partial charge in [-0.15, -0.1) is 0 Å². The molecule has 0 bridgehead atoms. The van der Waals surface area contributed by atoms with E-state index in [0.717, 1.165) is 0 Å². The highest BCUT2D eigenvalue weighted by atomic mass is 16.7. The molecule has 2 rings (SSSR count). The number of amides is 1. The highest BCUT2D eigenvalue weighted by Crippen LogP contribution is 2.25. The minimum Gasteiger partial charge on any atom is -0.462 e. The summed E-state index contributed by atoms with van der Waals surface area (Å²) in [5, 5.41) is 40.9. The van der Waals surface area contributed by atoms with Gasteiger partial charge in [0.05, 0.1) is 6.61 Å². The van der Waals surface area contributed by atoms with E-state index in [4.69, 9.17) is 14.6 Å². The highest BCUT2D eigenvalue weighted by molar-refractivity contribution is 5.88. The van der Waals surface area contributed by atoms with Crippen LogP contribution in [0, 0.1) is 0 Å². The van der Waals surface area contributed by atoms with Crippen LogP contribution in [-0.4, -0.2) is 63.6 Å². The molecule has 0 saturated carbocycles. The molecule has 8 nitrogen and oxygen atoms in total. The van der Waals surface area contributed by atoms with E-state index in [1.165, 1.54) is 6.92 Å². The summed E-state index contributed by atoms with van der Waals surface area (Å²) in [6.45, 7) is 0.866. The number of aliphatic hydroxyl groups excluding tert-OH is 4. The molecule has 22 heavy (non-hydrogen) atoms. The van der Waals surface area contributed by atoms with Crippen molar-refractivity contribution >= 4 is 11.6 Å². The largest absolute Gasteiger partial charge is 0.462 e. The summed E-state index contributed by atoms with van der Waals surface area (Å²) in [7, 11) is 0. The molecule has 1 aliphatic rings. The number of rotatable bonds is 4. The lowest BCUT2D eigenvalue weighted by atomic mass is 9.99. The predicted molar refractivity (Wildman–Crippen MR) is 75.1 cm³/mol. The van der Waals surface area contributed by atoms with Crippen molar-refractivity contribution in [2.45, 2.75) is 37.6 Å². The van der Waals surface area contributed by atoms with Crippen LogP contribution in [0.15, 0.2) is 24.3 Å². The van der Waals surface area contributed by atoms with Crippen molar-refractivity contribution in [1.82, 2.24) is 0 Å². The van der Waals surface area contributed by atoms with Crippen molar-refractivity contribution < 1.29 is 34.7 Å². The van der Waals surface area contributed by atoms with Crippen molar-refractivity contribution in [2.24, 2.45) is 0 Å². The summed E-state index contributed by atoms with van der Waals surface area (Å²) >= 11 is 0. The SMILES string of the molecule is CC(=O)Nc1ccc(O[C@H]2O[C@H](CO)[C@H](O)[C@H](O)[C@H]2O)cc1. The highest BCUT2D eigenvalue weighted by Gasteiger charge is 2.44. The van der Waals surface area contributed by atoms with Gasteiger partial charge < -0.3 is 35.2 Å². The van der Waals surface area contributed by atoms with E-state index in [2.05, 4.69) is 5.32 Å². The molecule has 8 heteroatoms. The van der Waals surface area contributed by atoms with Gasteiger partial charge in [-0.3, -0.25) is 4.79 Å². The third kappa shape index (κ3) is 3.73. The van der Waals surface area contributed by atoms with Gasteiger partial charge in [0.15, 0.2) is 0 Å². The molecule has 5 atom stereocenters. The maximum absolute atomic E-state index is 10.9. The second-order valence-electron chi connectivity index (χ2n) is 5.02. The van der Waals surface area contributed by atoms with Crippen LogP contribution in [-0.2, 0) is 9.53 Å². The van der Waals surface area contributed by atoms with Gasteiger partial charge in [0, 0.05) is 12.6 Å². The summed E-state index contributed by atoms with van der Waals surface area (Å²) in [4.78, 5) is 10.9. The third-order valence-electron chi connectivity index (χ3n) is 3.28. The molecule has 0 unspecified atom stereocenters. The van der Waals surface area contributed by atoms with Crippen LogP contribution < -0.4 is 10.1 Å². The molecule has 0 aromatic heterocycles. The normalized spacial score (nSPS) is 31.6. The molecule has 1 fully saturated rings. The van der Waals surface area contributed by atoms with Gasteiger partial charge in [-0.25, -0.2) is 0 Å². The van der Waals surface area contributed by atoms with Crippen molar-refractivity contribution in [1.29, 1.82) is 0 Å². The van der Waals surface area contributed by atoms with Crippen molar-refractivity contribution in [2.75, 3.05) is 11.9 Å². The van der Waals surface area contributed by atoms with E-state index in [1.807, 2.05) is 0 Å². The number of benzene rings is 1. The van der Waals surface area contributed by atoms with Crippen LogP contribution in [0.1, 0.15) is 6.92 Å². The first-order valence-corrected chi connectivity index (χ1v) is 6.77. The smallest absolute Gasteiger partial charge is 0.229 e. The number of hydrogen-bond acceptors (Lipinski definition) is 7. The van der Waals surface area contributed by atoms with E-state index in [1.54, 1.807) is 24.3 Å². The Labute approximate surface area is 126 Å². The monoisotopic (exact) mass is 313 g/mol. The molecular formula is C14H19NO7. The van der Waals surface area contributed by atoms with Gasteiger partial charge in [0.25, 0.3) is 0 Å². The number of ether oxygens (including phenoxy) is 2. The Bertz CT molecular complexity index is 504. The van der Waals surface area contributed by atoms with Gasteiger partial charge >= 0.3 is 0 Å². The number of hydrogen-bond donors (Lipinski definition) is 5. The fourth-order valence-corrected chi connectivity index (χ4v) is 2.12. The first kappa shape index (κ1) is 16.7. The molecule has 122 valence electrons. The van der Waals surface area contributed by atoms with Gasteiger partial charge in [-0.05, 0) is 24.3 Å². The zero-order chi connectivity index (χ0) is 16.3. The minimum atomic E-state index is -1.49.